The Morgan fingerprint density at radius 2 is 2.18 bits per heavy atom. The van der Waals surface area contributed by atoms with Crippen molar-refractivity contribution in [2.24, 2.45) is 5.73 Å². The van der Waals surface area contributed by atoms with Crippen LogP contribution in [0.4, 0.5) is 5.69 Å². The number of aliphatic hydroxyl groups is 2. The van der Waals surface area contributed by atoms with Crippen LogP contribution >= 0.6 is 0 Å². The van der Waals surface area contributed by atoms with Crippen molar-refractivity contribution in [3.8, 4) is 11.7 Å². The van der Waals surface area contributed by atoms with Crippen molar-refractivity contribution >= 4 is 33.7 Å². The number of aliphatic carboxylic acids is 1. The summed E-state index contributed by atoms with van der Waals surface area (Å²) < 4.78 is 7.39. The molecule has 0 spiro atoms. The Balaban J connectivity index is 1.72. The summed E-state index contributed by atoms with van der Waals surface area (Å²) in [5.74, 6) is -0.421. The van der Waals surface area contributed by atoms with Gasteiger partial charge in [0.1, 0.15) is 40.9 Å². The Bertz CT molecular complexity index is 900. The number of anilines is 1. The maximum absolute atomic E-state index is 10.9. The van der Waals surface area contributed by atoms with Crippen molar-refractivity contribution < 1.29 is 24.9 Å². The number of aromatic nitrogens is 3. The number of rotatable bonds is 7. The Kier molecular flexibility index (Phi) is 6.07. The largest absolute Gasteiger partial charge is 0.480 e. The Hall–Kier alpha value is -2.36. The first-order chi connectivity index (χ1) is 13.3. The fourth-order valence-corrected chi connectivity index (χ4v) is 4.61. The highest BCUT2D eigenvalue weighted by Crippen LogP contribution is 2.33. The molecule has 0 aliphatic carbocycles. The zero-order chi connectivity index (χ0) is 20.4. The molecule has 3 heterocycles. The van der Waals surface area contributed by atoms with Gasteiger partial charge in [-0.05, 0) is 6.07 Å². The van der Waals surface area contributed by atoms with E-state index < -0.39 is 47.4 Å². The predicted molar refractivity (Wildman–Crippen MR) is 104 cm³/mol. The van der Waals surface area contributed by atoms with E-state index in [1.807, 2.05) is 0 Å². The van der Waals surface area contributed by atoms with E-state index >= 15 is 0 Å². The van der Waals surface area contributed by atoms with E-state index in [-0.39, 0.29) is 12.2 Å². The lowest BCUT2D eigenvalue weighted by Crippen LogP contribution is -2.37. The van der Waals surface area contributed by atoms with E-state index in [1.165, 1.54) is 17.1 Å². The molecular formula is C17H22N5O5S+. The number of carboxylic acid groups (broad SMARTS) is 1. The zero-order valence-electron chi connectivity index (χ0n) is 14.9. The summed E-state index contributed by atoms with van der Waals surface area (Å²) in [5.41, 5.74) is 12.7. The quantitative estimate of drug-likeness (QED) is 0.274. The van der Waals surface area contributed by atoms with Crippen molar-refractivity contribution in [1.29, 1.82) is 0 Å². The van der Waals surface area contributed by atoms with Crippen molar-refractivity contribution in [3.63, 3.8) is 0 Å². The smallest absolute Gasteiger partial charge is 0.320 e. The first-order valence-electron chi connectivity index (χ1n) is 8.54. The summed E-state index contributed by atoms with van der Waals surface area (Å²) in [4.78, 5) is 19.3. The van der Waals surface area contributed by atoms with Gasteiger partial charge in [0.05, 0.1) is 22.9 Å². The second kappa shape index (κ2) is 8.34. The number of hydrogen-bond donors (Lipinski definition) is 5. The van der Waals surface area contributed by atoms with Crippen molar-refractivity contribution in [2.45, 2.75) is 37.0 Å². The number of fused-ring (bicyclic) bond motifs is 1. The maximum atomic E-state index is 10.9. The first-order valence-corrected chi connectivity index (χ1v) is 10.1. The highest BCUT2D eigenvalue weighted by atomic mass is 32.2. The molecule has 0 amide bonds. The summed E-state index contributed by atoms with van der Waals surface area (Å²) in [7, 11) is -0.659. The molecule has 28 heavy (non-hydrogen) atoms. The predicted octanol–water partition coefficient (Wildman–Crippen LogP) is -1.36. The van der Waals surface area contributed by atoms with E-state index in [0.717, 1.165) is 0 Å². The molecule has 1 aliphatic rings. The number of carbonyl (C=O) groups is 1. The van der Waals surface area contributed by atoms with Crippen LogP contribution in [-0.2, 0) is 20.4 Å². The van der Waals surface area contributed by atoms with E-state index in [0.29, 0.717) is 22.6 Å². The van der Waals surface area contributed by atoms with E-state index in [9.17, 15) is 15.0 Å². The monoisotopic (exact) mass is 408 g/mol. The third-order valence-corrected chi connectivity index (χ3v) is 6.42. The maximum Gasteiger partial charge on any atom is 0.320 e. The average Bonchev–Trinajstić information content (AvgIpc) is 3.21. The number of imidazole rings is 1. The molecule has 1 aliphatic heterocycles. The van der Waals surface area contributed by atoms with E-state index in [1.54, 1.807) is 6.07 Å². The van der Waals surface area contributed by atoms with Gasteiger partial charge in [-0.1, -0.05) is 6.42 Å². The van der Waals surface area contributed by atoms with Gasteiger partial charge in [0.2, 0.25) is 0 Å². The van der Waals surface area contributed by atoms with Gasteiger partial charge in [0.25, 0.3) is 0 Å². The lowest BCUT2D eigenvalue weighted by atomic mass is 10.1. The fourth-order valence-electron chi connectivity index (χ4n) is 3.02. The lowest BCUT2D eigenvalue weighted by molar-refractivity contribution is -0.138. The van der Waals surface area contributed by atoms with Crippen molar-refractivity contribution in [2.75, 3.05) is 17.2 Å². The standard InChI is InChI=1S/C17H21N5O5S/c1-2-28(6-4-10(19)17(25)26)7-11-13(23)14(24)16(27-11)22-8-21-12-9(18)3-5-20-15(12)22/h1,3,5,8,10-11,13-14,16,23-24H,4,6-7,19H2,(H2-,18,20,25,26)/p+1/t10?,11-,13?,14+,16-,28?/m1/s1. The number of pyridine rings is 1. The molecule has 6 atom stereocenters. The molecule has 0 saturated carbocycles. The summed E-state index contributed by atoms with van der Waals surface area (Å²) in [6, 6.07) is 0.619. The van der Waals surface area contributed by atoms with Crippen molar-refractivity contribution in [1.82, 2.24) is 14.5 Å². The summed E-state index contributed by atoms with van der Waals surface area (Å²) in [6.45, 7) is 0. The molecule has 11 heteroatoms. The number of nitrogens with zero attached hydrogens (tertiary/aromatic N) is 3. The molecule has 1 saturated heterocycles. The van der Waals surface area contributed by atoms with Gasteiger partial charge < -0.3 is 31.5 Å². The molecule has 150 valence electrons. The van der Waals surface area contributed by atoms with Crippen LogP contribution in [0.1, 0.15) is 12.6 Å². The zero-order valence-corrected chi connectivity index (χ0v) is 15.7. The van der Waals surface area contributed by atoms with Crippen molar-refractivity contribution in [3.05, 3.63) is 18.6 Å². The van der Waals surface area contributed by atoms with Gasteiger partial charge in [0.15, 0.2) is 17.6 Å². The molecule has 2 aromatic heterocycles. The van der Waals surface area contributed by atoms with Crippen LogP contribution < -0.4 is 11.5 Å². The molecule has 10 nitrogen and oxygen atoms in total. The topological polar surface area (TPSA) is 170 Å². The number of nitrogens with two attached hydrogens (primary N) is 2. The molecule has 0 bridgehead atoms. The molecule has 2 aromatic rings. The van der Waals surface area contributed by atoms with Gasteiger partial charge in [0, 0.05) is 12.6 Å². The van der Waals surface area contributed by atoms with Crippen LogP contribution in [0.25, 0.3) is 11.2 Å². The number of carboxylic acids is 1. The van der Waals surface area contributed by atoms with E-state index in [4.69, 9.17) is 27.7 Å². The lowest BCUT2D eigenvalue weighted by Gasteiger charge is -2.16. The molecule has 1 fully saturated rings. The third kappa shape index (κ3) is 3.91. The van der Waals surface area contributed by atoms with Crippen LogP contribution in [0, 0.1) is 11.7 Å². The van der Waals surface area contributed by atoms with Crippen LogP contribution in [0.5, 0.6) is 0 Å². The highest BCUT2D eigenvalue weighted by Gasteiger charge is 2.47. The Morgan fingerprint density at radius 1 is 1.43 bits per heavy atom. The van der Waals surface area contributed by atoms with E-state index in [2.05, 4.69) is 15.2 Å². The SMILES string of the molecule is C#C[S+](CCC(N)C(=O)O)C[C@H]1O[C@@H](n2cnc3c(N)ccnc32)[C@@H](O)C1O. The molecule has 3 unspecified atom stereocenters. The third-order valence-electron chi connectivity index (χ3n) is 4.63. The highest BCUT2D eigenvalue weighted by molar-refractivity contribution is 8.01. The summed E-state index contributed by atoms with van der Waals surface area (Å²) in [6.07, 6.45) is 4.73. The molecular weight excluding hydrogens is 386 g/mol. The summed E-state index contributed by atoms with van der Waals surface area (Å²) in [5, 5.41) is 32.4. The first kappa shape index (κ1) is 20.4. The minimum Gasteiger partial charge on any atom is -0.480 e. The second-order valence-electron chi connectivity index (χ2n) is 6.49. The minimum atomic E-state index is -1.21. The summed E-state index contributed by atoms with van der Waals surface area (Å²) >= 11 is 0. The Morgan fingerprint density at radius 3 is 2.86 bits per heavy atom. The molecule has 3 rings (SSSR count). The molecule has 0 radical (unpaired) electrons. The van der Waals surface area contributed by atoms with Crippen LogP contribution in [-0.4, -0.2) is 71.7 Å². The number of nitrogen functional groups attached to an aromatic ring is 1. The average molecular weight is 408 g/mol. The Labute approximate surface area is 163 Å². The molecule has 7 N–H and O–H groups in total. The normalized spacial score (nSPS) is 26.8. The van der Waals surface area contributed by atoms with Gasteiger partial charge in [-0.2, -0.15) is 0 Å². The van der Waals surface area contributed by atoms with Gasteiger partial charge >= 0.3 is 5.97 Å². The van der Waals surface area contributed by atoms with Crippen LogP contribution in [0.3, 0.4) is 0 Å². The van der Waals surface area contributed by atoms with Gasteiger partial charge in [-0.25, -0.2) is 9.97 Å². The fraction of sp³-hybridized carbons (Fsp3) is 0.471. The van der Waals surface area contributed by atoms with Gasteiger partial charge in [-0.15, -0.1) is 0 Å². The second-order valence-corrected chi connectivity index (χ2v) is 8.45. The van der Waals surface area contributed by atoms with Gasteiger partial charge in [-0.3, -0.25) is 9.36 Å². The number of hydrogen-bond acceptors (Lipinski definition) is 8. The number of terminal acetylenes is 1. The number of ether oxygens (including phenoxy) is 1. The van der Waals surface area contributed by atoms with Crippen LogP contribution in [0.2, 0.25) is 0 Å². The number of aliphatic hydroxyl groups excluding tert-OH is 2. The van der Waals surface area contributed by atoms with Crippen LogP contribution in [0.15, 0.2) is 18.6 Å². The molecule has 0 aromatic carbocycles. The minimum absolute atomic E-state index is 0.215.